The van der Waals surface area contributed by atoms with Gasteiger partial charge >= 0.3 is 0 Å². The maximum atomic E-state index is 12.6. The van der Waals surface area contributed by atoms with Crippen molar-refractivity contribution in [2.45, 2.75) is 55.2 Å². The molecule has 3 atom stereocenters. The summed E-state index contributed by atoms with van der Waals surface area (Å²) in [5.74, 6) is 0.516. The third-order valence-electron chi connectivity index (χ3n) is 5.28. The maximum absolute atomic E-state index is 12.6. The van der Waals surface area contributed by atoms with Crippen LogP contribution < -0.4 is 4.72 Å². The minimum Gasteiger partial charge on any atom is -0.290 e. The minimum absolute atomic E-state index is 0.291. The predicted molar refractivity (Wildman–Crippen MR) is 107 cm³/mol. The number of nitrogens with one attached hydrogen (secondary N) is 1. The number of aromatic nitrogens is 2. The fourth-order valence-electron chi connectivity index (χ4n) is 4.04. The topological polar surface area (TPSA) is 75.2 Å². The molecule has 140 valence electrons. The standard InChI is InChI=1S/C17H23N4O2PS2/c22-26(23,20-17-18-11-19-25-17)13-7-8-14-12(10-13)4-3-5-15(14)21-9-2-1-6-16(21)24/h7-8,10-11,15-16H,1-6,9,24H2,(H,18,19,20)/t15-,16+/m0/s1. The van der Waals surface area contributed by atoms with E-state index in [1.807, 2.05) is 12.1 Å². The predicted octanol–water partition coefficient (Wildman–Crippen LogP) is 3.40. The second-order valence-electron chi connectivity index (χ2n) is 6.92. The lowest BCUT2D eigenvalue weighted by molar-refractivity contribution is 0.130. The van der Waals surface area contributed by atoms with Crippen LogP contribution >= 0.6 is 20.8 Å². The van der Waals surface area contributed by atoms with Crippen LogP contribution in [0.5, 0.6) is 0 Å². The Labute approximate surface area is 160 Å². The molecular formula is C17H23N4O2PS2. The van der Waals surface area contributed by atoms with Crippen LogP contribution in [0.25, 0.3) is 0 Å². The molecular weight excluding hydrogens is 387 g/mol. The van der Waals surface area contributed by atoms with Crippen molar-refractivity contribution in [2.24, 2.45) is 0 Å². The highest BCUT2D eigenvalue weighted by Crippen LogP contribution is 2.39. The summed E-state index contributed by atoms with van der Waals surface area (Å²) >= 11 is 1.03. The van der Waals surface area contributed by atoms with Gasteiger partial charge < -0.3 is 0 Å². The second-order valence-corrected chi connectivity index (χ2v) is 10.2. The van der Waals surface area contributed by atoms with E-state index in [9.17, 15) is 8.42 Å². The summed E-state index contributed by atoms with van der Waals surface area (Å²) < 4.78 is 31.6. The van der Waals surface area contributed by atoms with Crippen LogP contribution in [-0.4, -0.2) is 35.0 Å². The smallest absolute Gasteiger partial charge is 0.263 e. The Morgan fingerprint density at radius 2 is 2.12 bits per heavy atom. The zero-order valence-corrected chi connectivity index (χ0v) is 17.3. The molecule has 6 nitrogen and oxygen atoms in total. The average Bonchev–Trinajstić information content (AvgIpc) is 3.13. The van der Waals surface area contributed by atoms with Crippen LogP contribution in [0.2, 0.25) is 0 Å². The number of sulfonamides is 1. The van der Waals surface area contributed by atoms with Crippen LogP contribution in [-0.2, 0) is 16.4 Å². The number of aryl methyl sites for hydroxylation is 1. The van der Waals surface area contributed by atoms with Crippen LogP contribution in [0.3, 0.4) is 0 Å². The molecule has 2 aromatic rings. The van der Waals surface area contributed by atoms with Gasteiger partial charge in [-0.3, -0.25) is 9.62 Å². The largest absolute Gasteiger partial charge is 0.290 e. The van der Waals surface area contributed by atoms with E-state index in [-0.39, 0.29) is 0 Å². The molecule has 0 radical (unpaired) electrons. The van der Waals surface area contributed by atoms with Crippen molar-refractivity contribution >= 4 is 35.9 Å². The maximum Gasteiger partial charge on any atom is 0.263 e. The molecule has 1 aromatic heterocycles. The molecule has 2 aliphatic rings. The van der Waals surface area contributed by atoms with Gasteiger partial charge in [0.15, 0.2) is 0 Å². The minimum atomic E-state index is -3.63. The van der Waals surface area contributed by atoms with E-state index < -0.39 is 10.0 Å². The first-order chi connectivity index (χ1) is 12.5. The van der Waals surface area contributed by atoms with Crippen LogP contribution in [0.1, 0.15) is 49.3 Å². The number of anilines is 1. The van der Waals surface area contributed by atoms with Gasteiger partial charge in [0.1, 0.15) is 6.33 Å². The highest BCUT2D eigenvalue weighted by atomic mass is 32.2. The Balaban J connectivity index is 1.62. The van der Waals surface area contributed by atoms with Crippen LogP contribution in [0.4, 0.5) is 5.13 Å². The van der Waals surface area contributed by atoms with Crippen molar-refractivity contribution < 1.29 is 8.42 Å². The lowest BCUT2D eigenvalue weighted by Crippen LogP contribution is -2.40. The van der Waals surface area contributed by atoms with Gasteiger partial charge in [0.05, 0.1) is 4.90 Å². The Kier molecular flexibility index (Phi) is 5.28. The van der Waals surface area contributed by atoms with E-state index in [1.165, 1.54) is 31.2 Å². The third kappa shape index (κ3) is 3.65. The summed E-state index contributed by atoms with van der Waals surface area (Å²) in [5.41, 5.74) is 2.45. The number of fused-ring (bicyclic) bond motifs is 1. The van der Waals surface area contributed by atoms with Crippen LogP contribution in [0, 0.1) is 0 Å². The molecule has 1 unspecified atom stereocenters. The van der Waals surface area contributed by atoms with E-state index in [0.717, 1.165) is 42.9 Å². The molecule has 0 saturated carbocycles. The molecule has 1 N–H and O–H groups in total. The first-order valence-electron chi connectivity index (χ1n) is 8.98. The molecule has 4 rings (SSSR count). The highest BCUT2D eigenvalue weighted by Gasteiger charge is 2.31. The molecule has 0 spiro atoms. The monoisotopic (exact) mass is 410 g/mol. The molecule has 1 fully saturated rings. The molecule has 9 heteroatoms. The Hall–Kier alpha value is -1.08. The molecule has 26 heavy (non-hydrogen) atoms. The van der Waals surface area contributed by atoms with Crippen molar-refractivity contribution in [1.29, 1.82) is 0 Å². The van der Waals surface area contributed by atoms with Crippen molar-refractivity contribution in [1.82, 2.24) is 14.3 Å². The van der Waals surface area contributed by atoms with E-state index in [2.05, 4.69) is 28.2 Å². The number of piperidine rings is 1. The van der Waals surface area contributed by atoms with Gasteiger partial charge in [0.2, 0.25) is 5.13 Å². The molecule has 1 aliphatic carbocycles. The van der Waals surface area contributed by atoms with E-state index >= 15 is 0 Å². The first kappa shape index (κ1) is 18.3. The van der Waals surface area contributed by atoms with E-state index in [1.54, 1.807) is 6.07 Å². The number of hydrogen-bond donors (Lipinski definition) is 1. The zero-order chi connectivity index (χ0) is 18.1. The average molecular weight is 411 g/mol. The SMILES string of the molecule is O=S(=O)(Nc1ncns1)c1ccc2c(c1)CCC[C@@H]2N1CCCC[C@H]1P. The number of nitrogens with zero attached hydrogens (tertiary/aromatic N) is 3. The molecule has 1 saturated heterocycles. The van der Waals surface area contributed by atoms with Crippen molar-refractivity contribution in [2.75, 3.05) is 11.3 Å². The number of likely N-dealkylation sites (tertiary alicyclic amines) is 1. The van der Waals surface area contributed by atoms with Gasteiger partial charge in [-0.15, -0.1) is 9.24 Å². The summed E-state index contributed by atoms with van der Waals surface area (Å²) in [7, 11) is -0.640. The lowest BCUT2D eigenvalue weighted by atomic mass is 9.86. The summed E-state index contributed by atoms with van der Waals surface area (Å²) in [6.07, 6.45) is 8.27. The quantitative estimate of drug-likeness (QED) is 0.782. The van der Waals surface area contributed by atoms with Crippen molar-refractivity contribution in [3.63, 3.8) is 0 Å². The first-order valence-corrected chi connectivity index (χ1v) is 11.9. The Bertz CT molecular complexity index is 873. The van der Waals surface area contributed by atoms with E-state index in [0.29, 0.717) is 21.9 Å². The highest BCUT2D eigenvalue weighted by molar-refractivity contribution is 7.93. The molecule has 1 aliphatic heterocycles. The summed E-state index contributed by atoms with van der Waals surface area (Å²) in [6.45, 7) is 1.12. The fourth-order valence-corrected chi connectivity index (χ4v) is 6.34. The fraction of sp³-hybridized carbons (Fsp3) is 0.529. The molecule has 0 amide bonds. The number of rotatable bonds is 4. The van der Waals surface area contributed by atoms with Gasteiger partial charge in [-0.05, 0) is 61.9 Å². The van der Waals surface area contributed by atoms with Gasteiger partial charge in [0.25, 0.3) is 10.0 Å². The number of hydrogen-bond acceptors (Lipinski definition) is 6. The normalized spacial score (nSPS) is 24.2. The van der Waals surface area contributed by atoms with Gasteiger partial charge in [0, 0.05) is 23.4 Å². The molecule has 1 aromatic carbocycles. The second kappa shape index (κ2) is 7.50. The Morgan fingerprint density at radius 3 is 2.88 bits per heavy atom. The van der Waals surface area contributed by atoms with Crippen LogP contribution in [0.15, 0.2) is 29.4 Å². The number of benzene rings is 1. The molecule has 2 heterocycles. The third-order valence-corrected chi connectivity index (χ3v) is 8.05. The Morgan fingerprint density at radius 1 is 1.23 bits per heavy atom. The van der Waals surface area contributed by atoms with Gasteiger partial charge in [-0.2, -0.15) is 4.37 Å². The molecule has 0 bridgehead atoms. The lowest BCUT2D eigenvalue weighted by Gasteiger charge is -2.42. The summed E-state index contributed by atoms with van der Waals surface area (Å²) in [6, 6.07) is 5.98. The van der Waals surface area contributed by atoms with Gasteiger partial charge in [-0.25, -0.2) is 13.4 Å². The van der Waals surface area contributed by atoms with E-state index in [4.69, 9.17) is 0 Å². The zero-order valence-electron chi connectivity index (χ0n) is 14.5. The van der Waals surface area contributed by atoms with Crippen molar-refractivity contribution in [3.8, 4) is 0 Å². The summed E-state index contributed by atoms with van der Waals surface area (Å²) in [5, 5.41) is 0.291. The van der Waals surface area contributed by atoms with Crippen molar-refractivity contribution in [3.05, 3.63) is 35.7 Å². The summed E-state index contributed by atoms with van der Waals surface area (Å²) in [4.78, 5) is 6.79. The van der Waals surface area contributed by atoms with Gasteiger partial charge in [-0.1, -0.05) is 12.5 Å².